The van der Waals surface area contributed by atoms with E-state index in [1.807, 2.05) is 13.8 Å². The lowest BCUT2D eigenvalue weighted by Gasteiger charge is -1.95. The van der Waals surface area contributed by atoms with Gasteiger partial charge in [-0.2, -0.15) is 0 Å². The Morgan fingerprint density at radius 2 is 2.00 bits per heavy atom. The second-order valence-electron chi connectivity index (χ2n) is 2.01. The monoisotopic (exact) mass is 162 g/mol. The Labute approximate surface area is 71.1 Å². The molecule has 1 rings (SSSR count). The second-order valence-corrected chi connectivity index (χ2v) is 2.01. The molecule has 0 bridgehead atoms. The fraction of sp³-hybridized carbons (Fsp3) is 0.250. The summed E-state index contributed by atoms with van der Waals surface area (Å²) in [5.74, 6) is 0.602. The summed E-state index contributed by atoms with van der Waals surface area (Å²) in [6.45, 7) is 3.67. The number of rotatable bonds is 2. The summed E-state index contributed by atoms with van der Waals surface area (Å²) in [7, 11) is 0. The molecule has 0 N–H and O–H groups in total. The SMILES string of the molecule is CC=Nc1cncnc1N=CC. The molecule has 0 aliphatic carbocycles. The van der Waals surface area contributed by atoms with Gasteiger partial charge in [0.05, 0.1) is 6.20 Å². The second kappa shape index (κ2) is 4.33. The number of hydrogen-bond acceptors (Lipinski definition) is 4. The molecule has 0 atom stereocenters. The van der Waals surface area contributed by atoms with Gasteiger partial charge in [0, 0.05) is 12.4 Å². The van der Waals surface area contributed by atoms with Gasteiger partial charge in [-0.15, -0.1) is 0 Å². The average Bonchev–Trinajstić information content (AvgIpc) is 2.09. The first kappa shape index (κ1) is 8.52. The van der Waals surface area contributed by atoms with E-state index >= 15 is 0 Å². The first-order valence-corrected chi connectivity index (χ1v) is 3.66. The van der Waals surface area contributed by atoms with E-state index in [0.29, 0.717) is 11.5 Å². The highest BCUT2D eigenvalue weighted by Gasteiger charge is 1.96. The van der Waals surface area contributed by atoms with E-state index in [1.54, 1.807) is 18.6 Å². The van der Waals surface area contributed by atoms with Crippen LogP contribution in [0, 0.1) is 0 Å². The van der Waals surface area contributed by atoms with Crippen molar-refractivity contribution in [3.63, 3.8) is 0 Å². The van der Waals surface area contributed by atoms with Crippen molar-refractivity contribution in [3.8, 4) is 0 Å². The van der Waals surface area contributed by atoms with Crippen LogP contribution in [0.25, 0.3) is 0 Å². The first-order valence-electron chi connectivity index (χ1n) is 3.66. The van der Waals surface area contributed by atoms with Crippen LogP contribution in [0.4, 0.5) is 11.5 Å². The zero-order valence-electron chi connectivity index (χ0n) is 7.10. The van der Waals surface area contributed by atoms with Crippen LogP contribution < -0.4 is 0 Å². The maximum absolute atomic E-state index is 4.06. The molecule has 0 aromatic carbocycles. The fourth-order valence-electron chi connectivity index (χ4n) is 0.768. The van der Waals surface area contributed by atoms with Gasteiger partial charge < -0.3 is 0 Å². The molecule has 0 spiro atoms. The number of nitrogens with zero attached hydrogens (tertiary/aromatic N) is 4. The summed E-state index contributed by atoms with van der Waals surface area (Å²) in [4.78, 5) is 15.9. The Kier molecular flexibility index (Phi) is 3.07. The molecule has 0 saturated carbocycles. The fourth-order valence-corrected chi connectivity index (χ4v) is 0.768. The van der Waals surface area contributed by atoms with Gasteiger partial charge in [0.25, 0.3) is 0 Å². The Bertz CT molecular complexity index is 273. The minimum absolute atomic E-state index is 0.602. The molecule has 1 heterocycles. The van der Waals surface area contributed by atoms with Crippen LogP contribution in [0.5, 0.6) is 0 Å². The van der Waals surface area contributed by atoms with Gasteiger partial charge in [-0.05, 0) is 13.8 Å². The van der Waals surface area contributed by atoms with Gasteiger partial charge in [-0.25, -0.2) is 15.0 Å². The van der Waals surface area contributed by atoms with Crippen LogP contribution in [-0.4, -0.2) is 22.4 Å². The topological polar surface area (TPSA) is 50.5 Å². The Balaban J connectivity index is 3.08. The van der Waals surface area contributed by atoms with E-state index in [0.717, 1.165) is 0 Å². The Morgan fingerprint density at radius 3 is 2.67 bits per heavy atom. The average molecular weight is 162 g/mol. The predicted octanol–water partition coefficient (Wildman–Crippen LogP) is 1.92. The molecule has 0 unspecified atom stereocenters. The first-order chi connectivity index (χ1) is 5.88. The maximum atomic E-state index is 4.06. The number of hydrogen-bond donors (Lipinski definition) is 0. The lowest BCUT2D eigenvalue weighted by molar-refractivity contribution is 1.14. The molecular formula is C8H10N4. The van der Waals surface area contributed by atoms with Crippen LogP contribution in [0.2, 0.25) is 0 Å². The molecule has 0 amide bonds. The van der Waals surface area contributed by atoms with Crippen molar-refractivity contribution in [2.45, 2.75) is 13.8 Å². The highest BCUT2D eigenvalue weighted by Crippen LogP contribution is 2.21. The maximum Gasteiger partial charge on any atom is 0.180 e. The molecule has 0 aliphatic rings. The third kappa shape index (κ3) is 1.95. The molecular weight excluding hydrogens is 152 g/mol. The van der Waals surface area contributed by atoms with Crippen LogP contribution in [0.1, 0.15) is 13.8 Å². The predicted molar refractivity (Wildman–Crippen MR) is 49.7 cm³/mol. The van der Waals surface area contributed by atoms with Crippen LogP contribution in [-0.2, 0) is 0 Å². The summed E-state index contributed by atoms with van der Waals surface area (Å²) in [5, 5.41) is 0. The Morgan fingerprint density at radius 1 is 1.25 bits per heavy atom. The molecule has 0 aliphatic heterocycles. The van der Waals surface area contributed by atoms with E-state index in [1.165, 1.54) is 6.33 Å². The molecule has 4 nitrogen and oxygen atoms in total. The van der Waals surface area contributed by atoms with E-state index in [4.69, 9.17) is 0 Å². The highest BCUT2D eigenvalue weighted by molar-refractivity contribution is 5.69. The van der Waals surface area contributed by atoms with E-state index in [-0.39, 0.29) is 0 Å². The van der Waals surface area contributed by atoms with Crippen molar-refractivity contribution in [1.29, 1.82) is 0 Å². The van der Waals surface area contributed by atoms with Crippen molar-refractivity contribution in [1.82, 2.24) is 9.97 Å². The molecule has 0 fully saturated rings. The molecule has 0 radical (unpaired) electrons. The van der Waals surface area contributed by atoms with Crippen LogP contribution in [0.15, 0.2) is 22.5 Å². The van der Waals surface area contributed by atoms with Crippen molar-refractivity contribution in [3.05, 3.63) is 12.5 Å². The van der Waals surface area contributed by atoms with Gasteiger partial charge in [0.2, 0.25) is 0 Å². The van der Waals surface area contributed by atoms with Gasteiger partial charge in [0.15, 0.2) is 5.82 Å². The summed E-state index contributed by atoms with van der Waals surface area (Å²) in [6.07, 6.45) is 6.46. The Hall–Kier alpha value is -1.58. The van der Waals surface area contributed by atoms with Crippen molar-refractivity contribution < 1.29 is 0 Å². The van der Waals surface area contributed by atoms with Crippen molar-refractivity contribution >= 4 is 23.9 Å². The minimum atomic E-state index is 0.602. The summed E-state index contributed by atoms with van der Waals surface area (Å²) in [5.41, 5.74) is 0.693. The van der Waals surface area contributed by atoms with E-state index < -0.39 is 0 Å². The summed E-state index contributed by atoms with van der Waals surface area (Å²) < 4.78 is 0. The molecule has 1 aromatic rings. The molecule has 62 valence electrons. The van der Waals surface area contributed by atoms with Gasteiger partial charge >= 0.3 is 0 Å². The molecule has 12 heavy (non-hydrogen) atoms. The molecule has 4 heteroatoms. The number of aliphatic imine (C=N–C) groups is 2. The van der Waals surface area contributed by atoms with Crippen molar-refractivity contribution in [2.24, 2.45) is 9.98 Å². The molecule has 0 saturated heterocycles. The quantitative estimate of drug-likeness (QED) is 0.624. The van der Waals surface area contributed by atoms with E-state index in [9.17, 15) is 0 Å². The summed E-state index contributed by atoms with van der Waals surface area (Å²) in [6, 6.07) is 0. The van der Waals surface area contributed by atoms with E-state index in [2.05, 4.69) is 20.0 Å². The smallest absolute Gasteiger partial charge is 0.180 e. The van der Waals surface area contributed by atoms with Gasteiger partial charge in [0.1, 0.15) is 12.0 Å². The normalized spacial score (nSPS) is 11.5. The van der Waals surface area contributed by atoms with Gasteiger partial charge in [-0.1, -0.05) is 0 Å². The third-order valence-corrected chi connectivity index (χ3v) is 1.19. The number of aromatic nitrogens is 2. The van der Waals surface area contributed by atoms with Crippen LogP contribution in [0.3, 0.4) is 0 Å². The minimum Gasteiger partial charge on any atom is -0.256 e. The largest absolute Gasteiger partial charge is 0.256 e. The lowest BCUT2D eigenvalue weighted by atomic mass is 10.5. The lowest BCUT2D eigenvalue weighted by Crippen LogP contribution is -1.78. The van der Waals surface area contributed by atoms with Gasteiger partial charge in [-0.3, -0.25) is 4.99 Å². The zero-order chi connectivity index (χ0) is 8.81. The summed E-state index contributed by atoms with van der Waals surface area (Å²) >= 11 is 0. The van der Waals surface area contributed by atoms with Crippen molar-refractivity contribution in [2.75, 3.05) is 0 Å². The zero-order valence-corrected chi connectivity index (χ0v) is 7.10. The third-order valence-electron chi connectivity index (χ3n) is 1.19. The highest BCUT2D eigenvalue weighted by atomic mass is 15.0. The molecule has 1 aromatic heterocycles. The van der Waals surface area contributed by atoms with Crippen LogP contribution >= 0.6 is 0 Å². The standard InChI is InChI=1S/C8H10N4/c1-3-10-7-5-9-6-12-8(7)11-4-2/h3-6H,1-2H3.